The van der Waals surface area contributed by atoms with Gasteiger partial charge in [0, 0.05) is 16.5 Å². The smallest absolute Gasteiger partial charge is 0.103 e. The zero-order valence-electron chi connectivity index (χ0n) is 36.1. The molecule has 1 aliphatic heterocycles. The van der Waals surface area contributed by atoms with Crippen LogP contribution >= 0.6 is 0 Å². The van der Waals surface area contributed by atoms with Crippen LogP contribution in [0.1, 0.15) is 57.5 Å². The van der Waals surface area contributed by atoms with Gasteiger partial charge in [-0.25, -0.2) is 0 Å². The molecule has 1 aromatic heterocycles. The SMILES string of the molecule is C1=CC(c2cccc(-c3ccc(-c4ccccc4)cc3)c2)NC(c2ccc(-n3c4ccccc4c4ccccc43)cc2)N1.C=CC.C=CC=C.C=CC=C.C=CCC.CC. The summed E-state index contributed by atoms with van der Waals surface area (Å²) in [7, 11) is 0. The summed E-state index contributed by atoms with van der Waals surface area (Å²) in [6.07, 6.45) is 15.5. The Morgan fingerprint density at radius 2 is 0.983 bits per heavy atom. The Hall–Kier alpha value is -6.94. The van der Waals surface area contributed by atoms with Crippen LogP contribution in [0.4, 0.5) is 0 Å². The quantitative estimate of drug-likeness (QED) is 0.119. The van der Waals surface area contributed by atoms with Crippen LogP contribution in [0.25, 0.3) is 49.7 Å². The molecule has 3 nitrogen and oxygen atoms in total. The van der Waals surface area contributed by atoms with Gasteiger partial charge in [-0.2, -0.15) is 0 Å². The van der Waals surface area contributed by atoms with Gasteiger partial charge in [0.15, 0.2) is 0 Å². The molecule has 0 saturated carbocycles. The molecule has 0 aliphatic carbocycles. The molecule has 2 N–H and O–H groups in total. The van der Waals surface area contributed by atoms with Crippen molar-refractivity contribution in [3.05, 3.63) is 251 Å². The van der Waals surface area contributed by atoms with Crippen molar-refractivity contribution in [1.29, 1.82) is 0 Å². The van der Waals surface area contributed by atoms with E-state index < -0.39 is 0 Å². The first-order valence-corrected chi connectivity index (χ1v) is 20.7. The van der Waals surface area contributed by atoms with E-state index in [1.54, 1.807) is 30.4 Å². The number of para-hydroxylation sites is 2. The molecule has 2 unspecified atom stereocenters. The van der Waals surface area contributed by atoms with Crippen LogP contribution < -0.4 is 10.6 Å². The van der Waals surface area contributed by atoms with Gasteiger partial charge in [-0.05, 0) is 89.3 Å². The molecule has 2 heterocycles. The third-order valence-electron chi connectivity index (χ3n) is 9.16. The van der Waals surface area contributed by atoms with E-state index in [4.69, 9.17) is 0 Å². The van der Waals surface area contributed by atoms with E-state index in [2.05, 4.69) is 226 Å². The fourth-order valence-electron chi connectivity index (χ4n) is 6.34. The van der Waals surface area contributed by atoms with Crippen molar-refractivity contribution in [2.45, 2.75) is 46.3 Å². The number of benzene rings is 6. The molecular formula is C57H63N3. The number of nitrogens with one attached hydrogen (secondary N) is 2. The molecular weight excluding hydrogens is 727 g/mol. The lowest BCUT2D eigenvalue weighted by atomic mass is 9.96. The van der Waals surface area contributed by atoms with Gasteiger partial charge in [0.05, 0.1) is 17.1 Å². The highest BCUT2D eigenvalue weighted by molar-refractivity contribution is 6.09. The summed E-state index contributed by atoms with van der Waals surface area (Å²) in [4.78, 5) is 0. The van der Waals surface area contributed by atoms with Gasteiger partial charge in [-0.1, -0.05) is 205 Å². The highest BCUT2D eigenvalue weighted by Gasteiger charge is 2.20. The Balaban J connectivity index is 0.000000489. The zero-order valence-corrected chi connectivity index (χ0v) is 36.1. The third-order valence-corrected chi connectivity index (χ3v) is 9.16. The molecule has 0 radical (unpaired) electrons. The maximum Gasteiger partial charge on any atom is 0.103 e. The van der Waals surface area contributed by atoms with Crippen LogP contribution in [0.5, 0.6) is 0 Å². The van der Waals surface area contributed by atoms with Crippen molar-refractivity contribution in [2.24, 2.45) is 0 Å². The first kappa shape index (κ1) is 47.4. The first-order chi connectivity index (χ1) is 29.5. The number of allylic oxidation sites excluding steroid dienone is 6. The fraction of sp³-hybridized carbons (Fsp3) is 0.123. The van der Waals surface area contributed by atoms with Gasteiger partial charge >= 0.3 is 0 Å². The summed E-state index contributed by atoms with van der Waals surface area (Å²) >= 11 is 0. The van der Waals surface area contributed by atoms with E-state index in [0.29, 0.717) is 0 Å². The summed E-state index contributed by atoms with van der Waals surface area (Å²) in [5.74, 6) is 0. The Bertz CT molecular complexity index is 2320. The number of fused-ring (bicyclic) bond motifs is 3. The largest absolute Gasteiger partial charge is 0.372 e. The predicted molar refractivity (Wildman–Crippen MR) is 267 cm³/mol. The zero-order chi connectivity index (χ0) is 43.5. The Kier molecular flexibility index (Phi) is 21.3. The molecule has 6 aromatic carbocycles. The van der Waals surface area contributed by atoms with Crippen molar-refractivity contribution in [3.63, 3.8) is 0 Å². The fourth-order valence-corrected chi connectivity index (χ4v) is 6.34. The summed E-state index contributed by atoms with van der Waals surface area (Å²) < 4.78 is 2.36. The minimum atomic E-state index is 0.0102. The standard InChI is InChI=1S/C40H31N3.C4H8.2C4H6.C3H6.C2H6/c1-2-9-28(10-3-1)29-17-19-30(20-18-29)32-11-8-12-33(27-32)37-25-26-41-40(42-37)31-21-23-34(24-22-31)43-38-15-6-4-13-35(38)36-14-5-7-16-39(36)43;3*1-3-4-2;1-3-2;1-2/h1-27,37,40-42H;3H,1,4H2,2H3;2*3-4H,1-2H2;3H,1H2,2H3;1-2H3. The molecule has 0 fully saturated rings. The maximum atomic E-state index is 3.80. The molecule has 0 saturated heterocycles. The molecule has 2 atom stereocenters. The van der Waals surface area contributed by atoms with E-state index in [9.17, 15) is 0 Å². The molecule has 8 rings (SSSR count). The van der Waals surface area contributed by atoms with Gasteiger partial charge in [0.2, 0.25) is 0 Å². The average Bonchev–Trinajstić information content (AvgIpc) is 3.67. The summed E-state index contributed by atoms with van der Waals surface area (Å²) in [5.41, 5.74) is 11.0. The van der Waals surface area contributed by atoms with Crippen LogP contribution in [0.2, 0.25) is 0 Å². The predicted octanol–water partition coefficient (Wildman–Crippen LogP) is 16.1. The van der Waals surface area contributed by atoms with Crippen molar-refractivity contribution in [1.82, 2.24) is 15.2 Å². The van der Waals surface area contributed by atoms with Gasteiger partial charge in [-0.3, -0.25) is 5.32 Å². The Morgan fingerprint density at radius 1 is 0.533 bits per heavy atom. The van der Waals surface area contributed by atoms with Gasteiger partial charge in [0.25, 0.3) is 0 Å². The lowest BCUT2D eigenvalue weighted by Crippen LogP contribution is -2.37. The second-order valence-electron chi connectivity index (χ2n) is 13.2. The van der Waals surface area contributed by atoms with Crippen molar-refractivity contribution in [3.8, 4) is 27.9 Å². The third kappa shape index (κ3) is 13.3. The van der Waals surface area contributed by atoms with Crippen LogP contribution in [0.3, 0.4) is 0 Å². The number of hydrogen-bond donors (Lipinski definition) is 2. The Morgan fingerprint density at radius 3 is 1.48 bits per heavy atom. The van der Waals surface area contributed by atoms with E-state index >= 15 is 0 Å². The van der Waals surface area contributed by atoms with Gasteiger partial charge in [0.1, 0.15) is 6.17 Å². The number of nitrogens with zero attached hydrogens (tertiary/aromatic N) is 1. The minimum absolute atomic E-state index is 0.0102. The molecule has 0 spiro atoms. The normalized spacial score (nSPS) is 13.1. The molecule has 3 heteroatoms. The molecule has 0 bridgehead atoms. The molecule has 7 aromatic rings. The summed E-state index contributed by atoms with van der Waals surface area (Å²) in [6.45, 7) is 28.2. The topological polar surface area (TPSA) is 29.0 Å². The monoisotopic (exact) mass is 790 g/mol. The second kappa shape index (κ2) is 26.9. The molecule has 1 aliphatic rings. The molecule has 60 heavy (non-hydrogen) atoms. The van der Waals surface area contributed by atoms with Crippen LogP contribution in [-0.4, -0.2) is 4.57 Å². The first-order valence-electron chi connectivity index (χ1n) is 20.7. The average molecular weight is 790 g/mol. The number of aromatic nitrogens is 1. The minimum Gasteiger partial charge on any atom is -0.372 e. The van der Waals surface area contributed by atoms with E-state index in [1.807, 2.05) is 26.8 Å². The highest BCUT2D eigenvalue weighted by atomic mass is 15.1. The van der Waals surface area contributed by atoms with Crippen LogP contribution in [0.15, 0.2) is 240 Å². The van der Waals surface area contributed by atoms with Crippen molar-refractivity contribution in [2.75, 3.05) is 0 Å². The highest BCUT2D eigenvalue weighted by Crippen LogP contribution is 2.33. The van der Waals surface area contributed by atoms with Crippen LogP contribution in [-0.2, 0) is 0 Å². The van der Waals surface area contributed by atoms with E-state index in [-0.39, 0.29) is 12.2 Å². The number of rotatable bonds is 8. The van der Waals surface area contributed by atoms with Crippen molar-refractivity contribution >= 4 is 21.8 Å². The lowest BCUT2D eigenvalue weighted by molar-refractivity contribution is 0.433. The maximum absolute atomic E-state index is 3.80. The second-order valence-corrected chi connectivity index (χ2v) is 13.2. The summed E-state index contributed by atoms with van der Waals surface area (Å²) in [6, 6.07) is 54.5. The Labute approximate surface area is 360 Å². The molecule has 0 amide bonds. The van der Waals surface area contributed by atoms with Gasteiger partial charge in [-0.15, -0.1) is 13.2 Å². The van der Waals surface area contributed by atoms with Crippen molar-refractivity contribution < 1.29 is 0 Å². The lowest BCUT2D eigenvalue weighted by Gasteiger charge is -2.29. The van der Waals surface area contributed by atoms with E-state index in [0.717, 1.165) is 12.1 Å². The number of hydrogen-bond acceptors (Lipinski definition) is 2. The van der Waals surface area contributed by atoms with E-state index in [1.165, 1.54) is 55.2 Å². The van der Waals surface area contributed by atoms with Crippen LogP contribution in [0, 0.1) is 0 Å². The van der Waals surface area contributed by atoms with Gasteiger partial charge < -0.3 is 9.88 Å². The molecule has 306 valence electrons. The summed E-state index contributed by atoms with van der Waals surface area (Å²) in [5, 5.41) is 9.88.